The number of piperazine rings is 2. The van der Waals surface area contributed by atoms with Gasteiger partial charge >= 0.3 is 59.1 Å². The van der Waals surface area contributed by atoms with Crippen molar-refractivity contribution in [2.24, 2.45) is 0 Å². The van der Waals surface area contributed by atoms with Crippen LogP contribution in [0, 0.1) is 24.8 Å². The fraction of sp³-hybridized carbons (Fsp3) is 0.304. The molecule has 2 atom stereocenters. The number of nitrogens with zero attached hydrogens (tertiary/aromatic N) is 5. The molecule has 0 amide bonds. The Bertz CT molecular complexity index is 2980. The maximum absolute atomic E-state index is 15.1. The van der Waals surface area contributed by atoms with Crippen molar-refractivity contribution < 1.29 is 117 Å². The molecule has 6 aromatic carbocycles. The molecule has 2 unspecified atom stereocenters. The first-order chi connectivity index (χ1) is 37.2. The van der Waals surface area contributed by atoms with E-state index in [9.17, 15) is 12.8 Å². The smallest absolute Gasteiger partial charge is 1.00 e. The molecule has 2 aliphatic rings. The van der Waals surface area contributed by atoms with Crippen LogP contribution in [0.15, 0.2) is 133 Å². The maximum Gasteiger partial charge on any atom is 1.00 e. The topological polar surface area (TPSA) is 182 Å². The number of benzene rings is 6. The minimum Gasteiger partial charge on any atom is -1.00 e. The summed E-state index contributed by atoms with van der Waals surface area (Å²) < 4.78 is 66.2. The fourth-order valence-electron chi connectivity index (χ4n) is 8.30. The Balaban J connectivity index is 0.000000415. The van der Waals surface area contributed by atoms with Crippen molar-refractivity contribution in [1.82, 2.24) is 10.2 Å². The Morgan fingerprint density at radius 1 is 0.696 bits per heavy atom. The molecule has 0 bridgehead atoms. The van der Waals surface area contributed by atoms with Crippen molar-refractivity contribution in [1.29, 1.82) is 0 Å². The first kappa shape index (κ1) is 68.4. The number of carbonyl (C=O) groups excluding carboxylic acids is 1. The monoisotopic (exact) mass is 1160 g/mol. The summed E-state index contributed by atoms with van der Waals surface area (Å²) in [5, 5.41) is 30.9. The summed E-state index contributed by atoms with van der Waals surface area (Å²) in [6.07, 6.45) is 2.43. The van der Waals surface area contributed by atoms with Crippen LogP contribution in [0.4, 0.5) is 31.5 Å². The Kier molecular flexibility index (Phi) is 31.6. The van der Waals surface area contributed by atoms with Gasteiger partial charge in [0.05, 0.1) is 62.7 Å². The fourth-order valence-corrected chi connectivity index (χ4v) is 8.93. The zero-order chi connectivity index (χ0) is 55.6. The molecule has 0 aliphatic carbocycles. The first-order valence-electron chi connectivity index (χ1n) is 24.2. The van der Waals surface area contributed by atoms with Crippen LogP contribution < -0.4 is 89.0 Å². The quantitative estimate of drug-likeness (QED) is 0.0286. The van der Waals surface area contributed by atoms with Crippen LogP contribution >= 0.6 is 23.2 Å². The van der Waals surface area contributed by atoms with Crippen LogP contribution in [-0.2, 0) is 36.8 Å². The van der Waals surface area contributed by atoms with Crippen molar-refractivity contribution in [3.05, 3.63) is 200 Å². The molecule has 2 fully saturated rings. The molecule has 3 N–H and O–H groups in total. The van der Waals surface area contributed by atoms with E-state index in [2.05, 4.69) is 38.8 Å². The number of nitrogens with one attached hydrogen (secondary N) is 1. The third-order valence-corrected chi connectivity index (χ3v) is 13.1. The van der Waals surface area contributed by atoms with Crippen molar-refractivity contribution >= 4 is 62.5 Å². The van der Waals surface area contributed by atoms with Gasteiger partial charge in [0.15, 0.2) is 11.4 Å². The molecule has 2 aliphatic heterocycles. The molecule has 2 heterocycles. The van der Waals surface area contributed by atoms with Gasteiger partial charge in [0.25, 0.3) is 16.6 Å². The van der Waals surface area contributed by atoms with Gasteiger partial charge in [-0.05, 0) is 83.6 Å². The molecule has 16 nitrogen and oxygen atoms in total. The normalized spacial score (nSPS) is 14.8. The molecule has 23 heteroatoms. The van der Waals surface area contributed by atoms with Crippen LogP contribution in [0.1, 0.15) is 35.8 Å². The molecular weight excluding hydrogens is 1100 g/mol. The average molecular weight is 1160 g/mol. The predicted octanol–water partition coefficient (Wildman–Crippen LogP) is 2.82. The number of rotatable bonds is 18. The Labute approximate surface area is 516 Å². The molecule has 79 heavy (non-hydrogen) atoms. The summed E-state index contributed by atoms with van der Waals surface area (Å²) in [6, 6.07) is 39.8. The van der Waals surface area contributed by atoms with Crippen LogP contribution in [0.2, 0.25) is 10.0 Å². The van der Waals surface area contributed by atoms with Crippen molar-refractivity contribution in [3.8, 4) is 11.5 Å². The van der Waals surface area contributed by atoms with E-state index in [0.29, 0.717) is 63.8 Å². The summed E-state index contributed by atoms with van der Waals surface area (Å²) in [5.74, 6) is 0.152. The van der Waals surface area contributed by atoms with Gasteiger partial charge in [-0.3, -0.25) is 13.9 Å². The van der Waals surface area contributed by atoms with Gasteiger partial charge in [-0.2, -0.15) is 8.42 Å². The summed E-state index contributed by atoms with van der Waals surface area (Å²) in [4.78, 5) is 24.5. The molecular formula is C56H60Cl2F2N6Na2O10S. The molecule has 6 aromatic rings. The van der Waals surface area contributed by atoms with Crippen LogP contribution in [0.5, 0.6) is 11.5 Å². The molecule has 0 saturated carbocycles. The molecule has 2 saturated heterocycles. The molecule has 410 valence electrons. The van der Waals surface area contributed by atoms with Gasteiger partial charge in [-0.1, -0.05) is 96.0 Å². The third-order valence-electron chi connectivity index (χ3n) is 12.0. The molecule has 0 radical (unpaired) electrons. The number of carbonyl (C=O) groups is 1. The number of hydrogen-bond donors (Lipinski definition) is 3. The Hall–Kier alpha value is -4.88. The van der Waals surface area contributed by atoms with Crippen LogP contribution in [0.3, 0.4) is 0 Å². The summed E-state index contributed by atoms with van der Waals surface area (Å²) in [7, 11) is -3.36. The second-order valence-corrected chi connectivity index (χ2v) is 19.7. The van der Waals surface area contributed by atoms with Gasteiger partial charge in [0.2, 0.25) is 0 Å². The summed E-state index contributed by atoms with van der Waals surface area (Å²) >= 11 is 12.1. The second-order valence-electron chi connectivity index (χ2n) is 17.2. The molecule has 0 spiro atoms. The number of hydrogen-bond acceptors (Lipinski definition) is 14. The van der Waals surface area contributed by atoms with Gasteiger partial charge < -0.3 is 46.4 Å². The SMILES string of the molecule is O=CO[O-].OCCOc1ccc(N2CCNCC2c2ccc(Cl)cc2)c(F)c1.[C-]#[N+]c1ccc(CCN2CCN(c3ccc(OCCO)cc3F)C(c3ccc(Cl)cc3)C2)cc1.[C-]#[N+]c1ccc(CCOS(C)(=O)=O)cc1.[H-].[Na+].[Na+]. The van der Waals surface area contributed by atoms with E-state index in [1.807, 2.05) is 72.8 Å². The predicted molar refractivity (Wildman–Crippen MR) is 292 cm³/mol. The number of aliphatic hydroxyl groups is 2. The number of halogens is 4. The van der Waals surface area contributed by atoms with Crippen molar-refractivity contribution in [3.63, 3.8) is 0 Å². The largest absolute Gasteiger partial charge is 1.00 e. The average Bonchev–Trinajstić information content (AvgIpc) is 3.44. The number of anilines is 2. The zero-order valence-electron chi connectivity index (χ0n) is 45.1. The number of ether oxygens (including phenoxy) is 2. The first-order valence-corrected chi connectivity index (χ1v) is 26.8. The van der Waals surface area contributed by atoms with E-state index in [1.54, 1.807) is 48.5 Å². The van der Waals surface area contributed by atoms with Crippen molar-refractivity contribution in [2.75, 3.05) is 94.9 Å². The maximum atomic E-state index is 15.1. The van der Waals surface area contributed by atoms with E-state index in [0.717, 1.165) is 62.1 Å². The summed E-state index contributed by atoms with van der Waals surface area (Å²) in [5.41, 5.74) is 6.62. The zero-order valence-corrected chi connectivity index (χ0v) is 50.5. The van der Waals surface area contributed by atoms with E-state index < -0.39 is 10.1 Å². The summed E-state index contributed by atoms with van der Waals surface area (Å²) in [6.45, 7) is 19.3. The van der Waals surface area contributed by atoms with Crippen LogP contribution in [0.25, 0.3) is 9.69 Å². The van der Waals surface area contributed by atoms with E-state index in [-0.39, 0.29) is 124 Å². The van der Waals surface area contributed by atoms with Gasteiger partial charge in [-0.25, -0.2) is 18.5 Å². The van der Waals surface area contributed by atoms with E-state index in [1.165, 1.54) is 17.7 Å². The Morgan fingerprint density at radius 2 is 1.15 bits per heavy atom. The Morgan fingerprint density at radius 3 is 1.58 bits per heavy atom. The number of aliphatic hydroxyl groups excluding tert-OH is 2. The standard InChI is InChI=1S/C27H27ClFN3O2.C18H20ClFN2O2.C10H11NO3S.CH2O3.2Na.H/c1-30-23-8-2-20(3-9-23)12-13-31-14-15-32(27(19-31)21-4-6-22(28)7-5-21)26-11-10-24(18-25(26)29)34-17-16-33;19-14-3-1-13(2-4-14)18-12-21-7-8-22(18)17-6-5-15(11-16(17)20)24-10-9-23;1-11-10-5-3-9(4-6-10)7-8-14-15(2,12)13;2-1-4-3;;;/h2-11,18,27,33H,12-17,19H2;1-6,11,18,21,23H,7-10,12H2;3-6H,7-8H2,2H3;1,3H;;;/q;;;;2*+1;-1/p-1. The molecule has 8 rings (SSSR count). The minimum atomic E-state index is -3.36. The minimum absolute atomic E-state index is 0. The van der Waals surface area contributed by atoms with Gasteiger partial charge in [0.1, 0.15) is 36.3 Å². The van der Waals surface area contributed by atoms with Gasteiger partial charge in [-0.15, -0.1) is 0 Å². The molecule has 0 aromatic heterocycles. The van der Waals surface area contributed by atoms with Crippen LogP contribution in [-0.4, -0.2) is 115 Å². The van der Waals surface area contributed by atoms with E-state index >= 15 is 4.39 Å². The van der Waals surface area contributed by atoms with Crippen molar-refractivity contribution in [2.45, 2.75) is 24.9 Å². The second kappa shape index (κ2) is 36.5. The van der Waals surface area contributed by atoms with Gasteiger partial charge in [0, 0.05) is 68.0 Å². The van der Waals surface area contributed by atoms with E-state index in [4.69, 9.17) is 66.1 Å². The third kappa shape index (κ3) is 23.3.